The molecular formula is C7H8N2S. The molecule has 0 bridgehead atoms. The Morgan fingerprint density at radius 1 is 1.70 bits per heavy atom. The van der Waals surface area contributed by atoms with Crippen LogP contribution in [0, 0.1) is 6.57 Å². The fourth-order valence-electron chi connectivity index (χ4n) is 0.595. The van der Waals surface area contributed by atoms with E-state index in [0.29, 0.717) is 11.7 Å². The van der Waals surface area contributed by atoms with Gasteiger partial charge in [0.1, 0.15) is 0 Å². The summed E-state index contributed by atoms with van der Waals surface area (Å²) in [6, 6.07) is 0. The maximum absolute atomic E-state index is 6.67. The van der Waals surface area contributed by atoms with E-state index in [1.54, 1.807) is 16.7 Å². The molecule has 52 valence electrons. The second kappa shape index (κ2) is 2.80. The molecule has 0 saturated carbocycles. The van der Waals surface area contributed by atoms with Gasteiger partial charge in [0, 0.05) is 11.3 Å². The van der Waals surface area contributed by atoms with Gasteiger partial charge < -0.3 is 4.85 Å². The second-order valence-electron chi connectivity index (χ2n) is 2.31. The van der Waals surface area contributed by atoms with Gasteiger partial charge in [-0.1, -0.05) is 20.4 Å². The van der Waals surface area contributed by atoms with Gasteiger partial charge in [-0.05, 0) is 0 Å². The van der Waals surface area contributed by atoms with Gasteiger partial charge in [0.2, 0.25) is 0 Å². The van der Waals surface area contributed by atoms with Gasteiger partial charge in [-0.15, -0.1) is 16.3 Å². The molecule has 0 amide bonds. The SMILES string of the molecule is [C-]#[N+]c1csc(C(C)C)n1. The van der Waals surface area contributed by atoms with E-state index in [4.69, 9.17) is 6.57 Å². The molecule has 3 heteroatoms. The molecule has 1 heterocycles. The Bertz CT molecular complexity index is 257. The van der Waals surface area contributed by atoms with Crippen molar-refractivity contribution in [3.8, 4) is 0 Å². The number of hydrogen-bond acceptors (Lipinski definition) is 2. The van der Waals surface area contributed by atoms with E-state index in [2.05, 4.69) is 23.7 Å². The van der Waals surface area contributed by atoms with Gasteiger partial charge >= 0.3 is 0 Å². The molecule has 0 radical (unpaired) electrons. The van der Waals surface area contributed by atoms with Gasteiger partial charge in [-0.2, -0.15) is 0 Å². The Morgan fingerprint density at radius 3 is 2.70 bits per heavy atom. The number of rotatable bonds is 1. The fourth-order valence-corrected chi connectivity index (χ4v) is 1.35. The maximum atomic E-state index is 6.67. The monoisotopic (exact) mass is 152 g/mol. The summed E-state index contributed by atoms with van der Waals surface area (Å²) in [4.78, 5) is 7.32. The van der Waals surface area contributed by atoms with Crippen molar-refractivity contribution in [2.45, 2.75) is 19.8 Å². The highest BCUT2D eigenvalue weighted by Crippen LogP contribution is 2.23. The minimum atomic E-state index is 0.445. The van der Waals surface area contributed by atoms with Gasteiger partial charge in [-0.25, -0.2) is 0 Å². The van der Waals surface area contributed by atoms with E-state index in [0.717, 1.165) is 5.01 Å². The van der Waals surface area contributed by atoms with Crippen molar-refractivity contribution in [2.24, 2.45) is 0 Å². The van der Waals surface area contributed by atoms with Gasteiger partial charge in [0.25, 0.3) is 5.82 Å². The summed E-state index contributed by atoms with van der Waals surface area (Å²) >= 11 is 1.56. The summed E-state index contributed by atoms with van der Waals surface area (Å²) in [6.07, 6.45) is 0. The van der Waals surface area contributed by atoms with Crippen LogP contribution in [0.1, 0.15) is 24.8 Å². The van der Waals surface area contributed by atoms with Crippen LogP contribution >= 0.6 is 11.3 Å². The van der Waals surface area contributed by atoms with E-state index < -0.39 is 0 Å². The van der Waals surface area contributed by atoms with Gasteiger partial charge in [0.05, 0.1) is 0 Å². The van der Waals surface area contributed by atoms with Crippen LogP contribution < -0.4 is 0 Å². The van der Waals surface area contributed by atoms with E-state index >= 15 is 0 Å². The number of aromatic nitrogens is 1. The summed E-state index contributed by atoms with van der Waals surface area (Å²) in [6.45, 7) is 10.8. The lowest BCUT2D eigenvalue weighted by atomic mass is 10.2. The third-order valence-electron chi connectivity index (χ3n) is 1.12. The van der Waals surface area contributed by atoms with E-state index in [-0.39, 0.29) is 0 Å². The van der Waals surface area contributed by atoms with Crippen LogP contribution in [0.3, 0.4) is 0 Å². The molecule has 0 saturated heterocycles. The largest absolute Gasteiger partial charge is 0.360 e. The predicted octanol–water partition coefficient (Wildman–Crippen LogP) is 2.82. The Kier molecular flexibility index (Phi) is 2.03. The molecule has 0 aliphatic rings. The second-order valence-corrected chi connectivity index (χ2v) is 3.20. The van der Waals surface area contributed by atoms with Crippen LogP contribution in [0.5, 0.6) is 0 Å². The van der Waals surface area contributed by atoms with Crippen molar-refractivity contribution in [1.82, 2.24) is 4.98 Å². The normalized spacial score (nSPS) is 9.80. The molecule has 0 aromatic carbocycles. The van der Waals surface area contributed by atoms with Crippen LogP contribution in [0.15, 0.2) is 5.38 Å². The lowest BCUT2D eigenvalue weighted by molar-refractivity contribution is 0.855. The van der Waals surface area contributed by atoms with Gasteiger partial charge in [-0.3, -0.25) is 0 Å². The molecular weight excluding hydrogens is 144 g/mol. The van der Waals surface area contributed by atoms with E-state index in [1.165, 1.54) is 0 Å². The molecule has 0 spiro atoms. The quantitative estimate of drug-likeness (QED) is 0.565. The van der Waals surface area contributed by atoms with E-state index in [1.807, 2.05) is 0 Å². The molecule has 0 fully saturated rings. The molecule has 0 atom stereocenters. The molecule has 0 aliphatic heterocycles. The third kappa shape index (κ3) is 1.34. The highest BCUT2D eigenvalue weighted by molar-refractivity contribution is 7.10. The standard InChI is InChI=1S/C7H8N2S/c1-5(2)7-9-6(8-3)4-10-7/h4-5H,1-2H3. The first-order chi connectivity index (χ1) is 4.74. The molecule has 0 unspecified atom stereocenters. The molecule has 1 rings (SSSR count). The van der Waals surface area contributed by atoms with Crippen LogP contribution in [0.4, 0.5) is 5.82 Å². The van der Waals surface area contributed by atoms with Crippen molar-refractivity contribution in [1.29, 1.82) is 0 Å². The molecule has 0 aliphatic carbocycles. The minimum Gasteiger partial charge on any atom is -0.360 e. The molecule has 1 aromatic heterocycles. The summed E-state index contributed by atoms with van der Waals surface area (Å²) in [5.41, 5.74) is 0. The van der Waals surface area contributed by atoms with Crippen LogP contribution in [0.25, 0.3) is 4.85 Å². The molecule has 1 aromatic rings. The smallest absolute Gasteiger partial charge is 0.280 e. The lowest BCUT2D eigenvalue weighted by Gasteiger charge is -1.89. The number of nitrogens with zero attached hydrogens (tertiary/aromatic N) is 2. The zero-order valence-corrected chi connectivity index (χ0v) is 6.77. The minimum absolute atomic E-state index is 0.445. The predicted molar refractivity (Wildman–Crippen MR) is 42.5 cm³/mol. The summed E-state index contributed by atoms with van der Waals surface area (Å²) in [7, 11) is 0. The number of hydrogen-bond donors (Lipinski definition) is 0. The topological polar surface area (TPSA) is 17.2 Å². The van der Waals surface area contributed by atoms with Crippen molar-refractivity contribution >= 4 is 17.2 Å². The molecule has 10 heavy (non-hydrogen) atoms. The van der Waals surface area contributed by atoms with Crippen molar-refractivity contribution in [3.63, 3.8) is 0 Å². The first-order valence-corrected chi connectivity index (χ1v) is 3.95. The summed E-state index contributed by atoms with van der Waals surface area (Å²) in [5.74, 6) is 0.967. The van der Waals surface area contributed by atoms with Crippen LogP contribution in [-0.4, -0.2) is 4.98 Å². The summed E-state index contributed by atoms with van der Waals surface area (Å²) < 4.78 is 0. The lowest BCUT2D eigenvalue weighted by Crippen LogP contribution is -1.82. The van der Waals surface area contributed by atoms with Crippen molar-refractivity contribution in [3.05, 3.63) is 21.8 Å². The highest BCUT2D eigenvalue weighted by Gasteiger charge is 2.07. The third-order valence-corrected chi connectivity index (χ3v) is 2.25. The Hall–Kier alpha value is -0.880. The number of thiazole rings is 1. The first-order valence-electron chi connectivity index (χ1n) is 3.07. The van der Waals surface area contributed by atoms with E-state index in [9.17, 15) is 0 Å². The Labute approximate surface area is 64.4 Å². The fraction of sp³-hybridized carbons (Fsp3) is 0.429. The van der Waals surface area contributed by atoms with Crippen molar-refractivity contribution < 1.29 is 0 Å². The average Bonchev–Trinajstić information content (AvgIpc) is 2.34. The Balaban J connectivity index is 2.91. The maximum Gasteiger partial charge on any atom is 0.280 e. The molecule has 2 nitrogen and oxygen atoms in total. The summed E-state index contributed by atoms with van der Waals surface area (Å²) in [5, 5.41) is 2.84. The molecule has 0 N–H and O–H groups in total. The van der Waals surface area contributed by atoms with Crippen LogP contribution in [-0.2, 0) is 0 Å². The van der Waals surface area contributed by atoms with Crippen LogP contribution in [0.2, 0.25) is 0 Å². The average molecular weight is 152 g/mol. The Morgan fingerprint density at radius 2 is 2.40 bits per heavy atom. The van der Waals surface area contributed by atoms with Crippen molar-refractivity contribution in [2.75, 3.05) is 0 Å². The first kappa shape index (κ1) is 7.23. The zero-order valence-electron chi connectivity index (χ0n) is 5.96. The zero-order chi connectivity index (χ0) is 7.56. The van der Waals surface area contributed by atoms with Gasteiger partial charge in [0.15, 0.2) is 5.01 Å². The highest BCUT2D eigenvalue weighted by atomic mass is 32.1.